The molecule has 0 radical (unpaired) electrons. The minimum Gasteiger partial charge on any atom is -0.492 e. The van der Waals surface area contributed by atoms with Crippen LogP contribution < -0.4 is 4.74 Å². The zero-order chi connectivity index (χ0) is 13.0. The second-order valence-corrected chi connectivity index (χ2v) is 4.62. The van der Waals surface area contributed by atoms with Gasteiger partial charge in [0.2, 0.25) is 0 Å². The average Bonchev–Trinajstić information content (AvgIpc) is 2.76. The molecule has 0 bridgehead atoms. The van der Waals surface area contributed by atoms with E-state index in [0.717, 1.165) is 42.9 Å². The number of Topliss-reactive ketones (excluding diaryl/α,β-unsaturated/α-hetero) is 1. The topological polar surface area (TPSA) is 29.5 Å². The first-order valence-electron chi connectivity index (χ1n) is 6.75. The highest BCUT2D eigenvalue weighted by Gasteiger charge is 2.19. The lowest BCUT2D eigenvalue weighted by Crippen LogP contribution is -2.27. The summed E-state index contributed by atoms with van der Waals surface area (Å²) in [7, 11) is 0. The van der Waals surface area contributed by atoms with Gasteiger partial charge in [0.05, 0.1) is 0 Å². The van der Waals surface area contributed by atoms with E-state index in [9.17, 15) is 4.79 Å². The third kappa shape index (κ3) is 3.95. The molecule has 0 heterocycles. The van der Waals surface area contributed by atoms with Gasteiger partial charge in [0.1, 0.15) is 12.4 Å². The Hall–Kier alpha value is -1.06. The van der Waals surface area contributed by atoms with E-state index in [4.69, 9.17) is 4.74 Å². The van der Waals surface area contributed by atoms with E-state index < -0.39 is 0 Å². The first kappa shape index (κ1) is 16.0. The molecule has 0 saturated carbocycles. The van der Waals surface area contributed by atoms with Crippen molar-refractivity contribution in [1.82, 2.24) is 4.90 Å². The van der Waals surface area contributed by atoms with Crippen LogP contribution in [-0.2, 0) is 6.42 Å². The van der Waals surface area contributed by atoms with Crippen LogP contribution in [-0.4, -0.2) is 36.9 Å². The van der Waals surface area contributed by atoms with E-state index >= 15 is 0 Å². The number of benzene rings is 1. The predicted molar refractivity (Wildman–Crippen MR) is 79.6 cm³/mol. The van der Waals surface area contributed by atoms with Crippen LogP contribution in [0.5, 0.6) is 5.75 Å². The highest BCUT2D eigenvalue weighted by molar-refractivity contribution is 6.00. The van der Waals surface area contributed by atoms with Crippen molar-refractivity contribution in [1.29, 1.82) is 0 Å². The lowest BCUT2D eigenvalue weighted by atomic mass is 10.1. The molecule has 0 fully saturated rings. The summed E-state index contributed by atoms with van der Waals surface area (Å²) < 4.78 is 5.75. The van der Waals surface area contributed by atoms with Crippen LogP contribution in [0.3, 0.4) is 0 Å². The summed E-state index contributed by atoms with van der Waals surface area (Å²) in [6, 6.07) is 5.82. The van der Waals surface area contributed by atoms with Crippen molar-refractivity contribution in [3.63, 3.8) is 0 Å². The molecular weight excluding hydrogens is 262 g/mol. The van der Waals surface area contributed by atoms with Crippen LogP contribution >= 0.6 is 12.4 Å². The van der Waals surface area contributed by atoms with E-state index in [2.05, 4.69) is 18.7 Å². The van der Waals surface area contributed by atoms with Gasteiger partial charge in [-0.15, -0.1) is 12.4 Å². The molecule has 19 heavy (non-hydrogen) atoms. The molecule has 3 nitrogen and oxygen atoms in total. The van der Waals surface area contributed by atoms with Crippen LogP contribution in [0.4, 0.5) is 0 Å². The fourth-order valence-corrected chi connectivity index (χ4v) is 2.35. The number of carbonyl (C=O) groups is 1. The number of likely N-dealkylation sites (N-methyl/N-ethyl adjacent to an activating group) is 1. The van der Waals surface area contributed by atoms with Gasteiger partial charge in [0, 0.05) is 18.5 Å². The lowest BCUT2D eigenvalue weighted by Gasteiger charge is -2.18. The SMILES string of the molecule is CCN(CC)CCOc1ccc2c(c1)CCC2=O.Cl. The number of rotatable bonds is 6. The van der Waals surface area contributed by atoms with Gasteiger partial charge in [-0.1, -0.05) is 13.8 Å². The number of nitrogens with zero attached hydrogens (tertiary/aromatic N) is 1. The number of ether oxygens (including phenoxy) is 1. The third-order valence-electron chi connectivity index (χ3n) is 3.57. The zero-order valence-corrected chi connectivity index (χ0v) is 12.5. The average molecular weight is 284 g/mol. The summed E-state index contributed by atoms with van der Waals surface area (Å²) in [5.41, 5.74) is 2.02. The molecule has 1 aromatic rings. The summed E-state index contributed by atoms with van der Waals surface area (Å²) in [5, 5.41) is 0. The van der Waals surface area contributed by atoms with Crippen LogP contribution in [0.15, 0.2) is 18.2 Å². The van der Waals surface area contributed by atoms with Gasteiger partial charge >= 0.3 is 0 Å². The maximum absolute atomic E-state index is 11.5. The molecule has 0 spiro atoms. The lowest BCUT2D eigenvalue weighted by molar-refractivity contribution is 0.0994. The number of halogens is 1. The van der Waals surface area contributed by atoms with E-state index in [1.165, 1.54) is 0 Å². The molecule has 2 rings (SSSR count). The largest absolute Gasteiger partial charge is 0.492 e. The number of fused-ring (bicyclic) bond motifs is 1. The number of hydrogen-bond acceptors (Lipinski definition) is 3. The maximum Gasteiger partial charge on any atom is 0.163 e. The molecular formula is C15H22ClNO2. The van der Waals surface area contributed by atoms with Crippen LogP contribution in [0.25, 0.3) is 0 Å². The number of ketones is 1. The highest BCUT2D eigenvalue weighted by atomic mass is 35.5. The monoisotopic (exact) mass is 283 g/mol. The normalized spacial score (nSPS) is 13.3. The molecule has 106 valence electrons. The van der Waals surface area contributed by atoms with Gasteiger partial charge in [-0.2, -0.15) is 0 Å². The Kier molecular flexibility index (Phi) is 6.32. The summed E-state index contributed by atoms with van der Waals surface area (Å²) in [6.07, 6.45) is 1.51. The minimum atomic E-state index is 0. The molecule has 4 heteroatoms. The Bertz CT molecular complexity index is 430. The Labute approximate surface area is 121 Å². The fraction of sp³-hybridized carbons (Fsp3) is 0.533. The molecule has 1 aliphatic carbocycles. The fourth-order valence-electron chi connectivity index (χ4n) is 2.35. The molecule has 1 aromatic carbocycles. The van der Waals surface area contributed by atoms with Gasteiger partial charge in [-0.3, -0.25) is 4.79 Å². The summed E-state index contributed by atoms with van der Waals surface area (Å²) in [6.45, 7) is 8.07. The van der Waals surface area contributed by atoms with Crippen molar-refractivity contribution in [2.45, 2.75) is 26.7 Å². The Balaban J connectivity index is 0.00000180. The minimum absolute atomic E-state index is 0. The van der Waals surface area contributed by atoms with Crippen LogP contribution in [0.1, 0.15) is 36.2 Å². The Morgan fingerprint density at radius 3 is 2.63 bits per heavy atom. The van der Waals surface area contributed by atoms with Crippen molar-refractivity contribution >= 4 is 18.2 Å². The van der Waals surface area contributed by atoms with Crippen molar-refractivity contribution in [3.8, 4) is 5.75 Å². The van der Waals surface area contributed by atoms with Crippen LogP contribution in [0, 0.1) is 0 Å². The molecule has 1 aliphatic rings. The molecule has 0 atom stereocenters. The third-order valence-corrected chi connectivity index (χ3v) is 3.57. The quantitative estimate of drug-likeness (QED) is 0.804. The standard InChI is InChI=1S/C15H21NO2.ClH/c1-3-16(4-2)9-10-18-13-6-7-14-12(11-13)5-8-15(14)17;/h6-7,11H,3-5,8-10H2,1-2H3;1H. The van der Waals surface area contributed by atoms with Crippen LogP contribution in [0.2, 0.25) is 0 Å². The van der Waals surface area contributed by atoms with Gasteiger partial charge in [0.15, 0.2) is 5.78 Å². The predicted octanol–water partition coefficient (Wildman–Crippen LogP) is 2.96. The van der Waals surface area contributed by atoms with Crippen molar-refractivity contribution in [2.75, 3.05) is 26.2 Å². The molecule has 0 N–H and O–H groups in total. The second kappa shape index (κ2) is 7.51. The van der Waals surface area contributed by atoms with Gasteiger partial charge in [0.25, 0.3) is 0 Å². The van der Waals surface area contributed by atoms with E-state index in [1.807, 2.05) is 18.2 Å². The first-order valence-corrected chi connectivity index (χ1v) is 6.75. The summed E-state index contributed by atoms with van der Waals surface area (Å²) in [4.78, 5) is 13.8. The van der Waals surface area contributed by atoms with E-state index in [1.54, 1.807) is 0 Å². The van der Waals surface area contributed by atoms with Gasteiger partial charge in [-0.25, -0.2) is 0 Å². The van der Waals surface area contributed by atoms with Crippen molar-refractivity contribution in [2.24, 2.45) is 0 Å². The zero-order valence-electron chi connectivity index (χ0n) is 11.6. The molecule has 0 amide bonds. The summed E-state index contributed by atoms with van der Waals surface area (Å²) in [5.74, 6) is 1.15. The Morgan fingerprint density at radius 2 is 1.95 bits per heavy atom. The molecule has 0 aromatic heterocycles. The van der Waals surface area contributed by atoms with Gasteiger partial charge in [-0.05, 0) is 43.3 Å². The highest BCUT2D eigenvalue weighted by Crippen LogP contribution is 2.26. The first-order chi connectivity index (χ1) is 8.74. The maximum atomic E-state index is 11.5. The second-order valence-electron chi connectivity index (χ2n) is 4.62. The van der Waals surface area contributed by atoms with E-state index in [-0.39, 0.29) is 18.2 Å². The van der Waals surface area contributed by atoms with Gasteiger partial charge < -0.3 is 9.64 Å². The molecule has 0 saturated heterocycles. The smallest absolute Gasteiger partial charge is 0.163 e. The Morgan fingerprint density at radius 1 is 1.21 bits per heavy atom. The van der Waals surface area contributed by atoms with E-state index in [0.29, 0.717) is 13.0 Å². The number of hydrogen-bond donors (Lipinski definition) is 0. The van der Waals surface area contributed by atoms with Crippen molar-refractivity contribution < 1.29 is 9.53 Å². The number of aryl methyl sites for hydroxylation is 1. The number of carbonyl (C=O) groups excluding carboxylic acids is 1. The molecule has 0 unspecified atom stereocenters. The van der Waals surface area contributed by atoms with Crippen molar-refractivity contribution in [3.05, 3.63) is 29.3 Å². The molecule has 0 aliphatic heterocycles. The summed E-state index contributed by atoms with van der Waals surface area (Å²) >= 11 is 0.